The molecule has 2 heterocycles. The highest BCUT2D eigenvalue weighted by atomic mass is 35.5. The summed E-state index contributed by atoms with van der Waals surface area (Å²) in [6, 6.07) is 10.6. The number of ketones is 1. The van der Waals surface area contributed by atoms with Gasteiger partial charge in [0, 0.05) is 18.1 Å². The van der Waals surface area contributed by atoms with Gasteiger partial charge in [0.2, 0.25) is 0 Å². The first-order valence-corrected chi connectivity index (χ1v) is 10.1. The van der Waals surface area contributed by atoms with Crippen LogP contribution in [0.5, 0.6) is 11.5 Å². The summed E-state index contributed by atoms with van der Waals surface area (Å²) >= 11 is 5.94. The molecule has 1 aliphatic heterocycles. The van der Waals surface area contributed by atoms with Crippen molar-refractivity contribution in [2.24, 2.45) is 0 Å². The third-order valence-electron chi connectivity index (χ3n) is 5.31. The number of nitrogens with zero attached hydrogens (tertiary/aromatic N) is 2. The third kappa shape index (κ3) is 3.89. The number of carbonyl (C=O) groups is 2. The van der Waals surface area contributed by atoms with Crippen LogP contribution in [0.3, 0.4) is 0 Å². The largest absolute Gasteiger partial charge is 0.507 e. The van der Waals surface area contributed by atoms with Crippen LogP contribution in [0.15, 0.2) is 66.5 Å². The fourth-order valence-corrected chi connectivity index (χ4v) is 3.91. The molecule has 1 saturated heterocycles. The number of amides is 1. The van der Waals surface area contributed by atoms with Crippen LogP contribution in [0.25, 0.3) is 5.76 Å². The number of aromatic nitrogens is 1. The Balaban J connectivity index is 1.98. The summed E-state index contributed by atoms with van der Waals surface area (Å²) in [5.41, 5.74) is 0.708. The quantitative estimate of drug-likeness (QED) is 0.336. The van der Waals surface area contributed by atoms with Crippen LogP contribution < -0.4 is 14.4 Å². The van der Waals surface area contributed by atoms with Crippen molar-refractivity contribution < 1.29 is 28.6 Å². The van der Waals surface area contributed by atoms with Gasteiger partial charge < -0.3 is 14.6 Å². The number of aliphatic hydroxyl groups is 1. The lowest BCUT2D eigenvalue weighted by molar-refractivity contribution is -0.132. The molecule has 0 saturated carbocycles. The number of anilines is 1. The van der Waals surface area contributed by atoms with Gasteiger partial charge in [0.1, 0.15) is 23.1 Å². The molecule has 9 heteroatoms. The summed E-state index contributed by atoms with van der Waals surface area (Å²) in [6.07, 6.45) is 3.00. The van der Waals surface area contributed by atoms with Crippen LogP contribution in [0.4, 0.5) is 10.1 Å². The van der Waals surface area contributed by atoms with Gasteiger partial charge in [0.25, 0.3) is 11.7 Å². The Kier molecular flexibility index (Phi) is 6.02. The molecule has 0 bridgehead atoms. The molecule has 1 N–H and O–H groups in total. The molecule has 2 aromatic carbocycles. The van der Waals surface area contributed by atoms with Crippen molar-refractivity contribution in [1.82, 2.24) is 4.98 Å². The molecule has 1 amide bonds. The van der Waals surface area contributed by atoms with Gasteiger partial charge in [-0.25, -0.2) is 4.39 Å². The highest BCUT2D eigenvalue weighted by molar-refractivity contribution is 6.51. The molecular formula is C24H18ClFN2O5. The molecule has 33 heavy (non-hydrogen) atoms. The van der Waals surface area contributed by atoms with E-state index in [2.05, 4.69) is 4.98 Å². The number of hydrogen-bond donors (Lipinski definition) is 1. The third-order valence-corrected chi connectivity index (χ3v) is 5.60. The van der Waals surface area contributed by atoms with E-state index in [0.29, 0.717) is 11.3 Å². The smallest absolute Gasteiger partial charge is 0.300 e. The van der Waals surface area contributed by atoms with Crippen molar-refractivity contribution in [2.45, 2.75) is 6.04 Å². The maximum atomic E-state index is 13.8. The molecule has 1 aliphatic rings. The summed E-state index contributed by atoms with van der Waals surface area (Å²) in [5.74, 6) is -2.24. The van der Waals surface area contributed by atoms with E-state index in [1.165, 1.54) is 49.7 Å². The molecule has 1 fully saturated rings. The monoisotopic (exact) mass is 468 g/mol. The number of hydrogen-bond acceptors (Lipinski definition) is 6. The molecule has 3 aromatic rings. The Morgan fingerprint density at radius 2 is 1.79 bits per heavy atom. The second-order valence-electron chi connectivity index (χ2n) is 7.11. The van der Waals surface area contributed by atoms with Crippen LogP contribution >= 0.6 is 11.6 Å². The van der Waals surface area contributed by atoms with Crippen molar-refractivity contribution in [3.8, 4) is 11.5 Å². The summed E-state index contributed by atoms with van der Waals surface area (Å²) in [4.78, 5) is 31.5. The number of aliphatic hydroxyl groups excluding tert-OH is 1. The Labute approximate surface area is 193 Å². The lowest BCUT2D eigenvalue weighted by Gasteiger charge is -2.25. The lowest BCUT2D eigenvalue weighted by atomic mass is 9.95. The number of pyridine rings is 1. The zero-order valence-corrected chi connectivity index (χ0v) is 18.3. The first kappa shape index (κ1) is 22.3. The van der Waals surface area contributed by atoms with Gasteiger partial charge in [-0.3, -0.25) is 19.5 Å². The van der Waals surface area contributed by atoms with Gasteiger partial charge in [-0.05, 0) is 54.1 Å². The first-order chi connectivity index (χ1) is 15.9. The van der Waals surface area contributed by atoms with Gasteiger partial charge in [0.15, 0.2) is 0 Å². The zero-order chi connectivity index (χ0) is 23.7. The van der Waals surface area contributed by atoms with Crippen molar-refractivity contribution in [3.05, 3.63) is 88.5 Å². The fraction of sp³-hybridized carbons (Fsp3) is 0.125. The Morgan fingerprint density at radius 1 is 1.06 bits per heavy atom. The molecule has 1 unspecified atom stereocenters. The van der Waals surface area contributed by atoms with Crippen LogP contribution in [-0.4, -0.2) is 36.0 Å². The van der Waals surface area contributed by atoms with E-state index in [9.17, 15) is 19.1 Å². The molecule has 1 aromatic heterocycles. The van der Waals surface area contributed by atoms with E-state index < -0.39 is 29.3 Å². The van der Waals surface area contributed by atoms with Crippen LogP contribution in [0.1, 0.15) is 17.2 Å². The molecular weight excluding hydrogens is 451 g/mol. The Hall–Kier alpha value is -3.91. The van der Waals surface area contributed by atoms with Gasteiger partial charge >= 0.3 is 0 Å². The molecule has 0 spiro atoms. The molecule has 7 nitrogen and oxygen atoms in total. The molecule has 0 radical (unpaired) electrons. The number of Topliss-reactive ketones (excluding diaryl/α,β-unsaturated/α-hetero) is 1. The fourth-order valence-electron chi connectivity index (χ4n) is 3.74. The van der Waals surface area contributed by atoms with Crippen LogP contribution in [0, 0.1) is 5.82 Å². The minimum atomic E-state index is -1.02. The Morgan fingerprint density at radius 3 is 2.42 bits per heavy atom. The first-order valence-electron chi connectivity index (χ1n) is 9.75. The predicted molar refractivity (Wildman–Crippen MR) is 120 cm³/mol. The average Bonchev–Trinajstić information content (AvgIpc) is 3.11. The van der Waals surface area contributed by atoms with Crippen LogP contribution in [0.2, 0.25) is 5.02 Å². The SMILES string of the molecule is COc1ccc(OC)c(/C(O)=C2\C(=O)C(=O)N(c3ccc(F)c(Cl)c3)C2c2ccncc2)c1. The van der Waals surface area contributed by atoms with Crippen LogP contribution in [-0.2, 0) is 9.59 Å². The topological polar surface area (TPSA) is 89.0 Å². The number of benzene rings is 2. The summed E-state index contributed by atoms with van der Waals surface area (Å²) in [7, 11) is 2.87. The maximum Gasteiger partial charge on any atom is 0.300 e. The van der Waals surface area contributed by atoms with Crippen molar-refractivity contribution in [1.29, 1.82) is 0 Å². The lowest BCUT2D eigenvalue weighted by Crippen LogP contribution is -2.29. The maximum absolute atomic E-state index is 13.8. The summed E-state index contributed by atoms with van der Waals surface area (Å²) in [5, 5.41) is 11.1. The van der Waals surface area contributed by atoms with Gasteiger partial charge in [0.05, 0.1) is 36.4 Å². The van der Waals surface area contributed by atoms with E-state index in [4.69, 9.17) is 21.1 Å². The van der Waals surface area contributed by atoms with Gasteiger partial charge in [-0.15, -0.1) is 0 Å². The van der Waals surface area contributed by atoms with Gasteiger partial charge in [-0.2, -0.15) is 0 Å². The second-order valence-corrected chi connectivity index (χ2v) is 7.52. The normalized spacial score (nSPS) is 17.3. The molecule has 4 rings (SSSR count). The van der Waals surface area contributed by atoms with E-state index in [1.807, 2.05) is 0 Å². The van der Waals surface area contributed by atoms with Crippen molar-refractivity contribution in [2.75, 3.05) is 19.1 Å². The van der Waals surface area contributed by atoms with Crippen molar-refractivity contribution in [3.63, 3.8) is 0 Å². The summed E-state index contributed by atoms with van der Waals surface area (Å²) < 4.78 is 24.3. The minimum Gasteiger partial charge on any atom is -0.507 e. The average molecular weight is 469 g/mol. The van der Waals surface area contributed by atoms with E-state index >= 15 is 0 Å². The molecule has 0 aliphatic carbocycles. The molecule has 168 valence electrons. The number of halogens is 2. The van der Waals surface area contributed by atoms with E-state index in [-0.39, 0.29) is 27.6 Å². The van der Waals surface area contributed by atoms with Crippen molar-refractivity contribution >= 4 is 34.7 Å². The predicted octanol–water partition coefficient (Wildman–Crippen LogP) is 4.52. The summed E-state index contributed by atoms with van der Waals surface area (Å²) in [6.45, 7) is 0. The van der Waals surface area contributed by atoms with E-state index in [1.54, 1.807) is 24.3 Å². The Bertz CT molecular complexity index is 1280. The number of methoxy groups -OCH3 is 2. The number of carbonyl (C=O) groups excluding carboxylic acids is 2. The second kappa shape index (κ2) is 8.91. The zero-order valence-electron chi connectivity index (χ0n) is 17.6. The number of ether oxygens (including phenoxy) is 2. The standard InChI is InChI=1S/C24H18ClFN2O5/c1-32-15-4-6-19(33-2)16(12-15)22(29)20-21(13-7-9-27-10-8-13)28(24(31)23(20)30)14-3-5-18(26)17(25)11-14/h3-12,21,29H,1-2H3/b22-20+. The highest BCUT2D eigenvalue weighted by Gasteiger charge is 2.47. The van der Waals surface area contributed by atoms with Gasteiger partial charge in [-0.1, -0.05) is 11.6 Å². The highest BCUT2D eigenvalue weighted by Crippen LogP contribution is 2.44. The molecule has 1 atom stereocenters. The number of rotatable bonds is 5. The minimum absolute atomic E-state index is 0.168. The van der Waals surface area contributed by atoms with E-state index in [0.717, 1.165) is 6.07 Å².